The lowest BCUT2D eigenvalue weighted by Gasteiger charge is -2.32. The first-order chi connectivity index (χ1) is 14.0. The van der Waals surface area contributed by atoms with Gasteiger partial charge in [0, 0.05) is 24.1 Å². The van der Waals surface area contributed by atoms with Crippen molar-refractivity contribution in [3.8, 4) is 6.07 Å². The number of nitrogens with one attached hydrogen (secondary N) is 2. The number of nitriles is 1. The molecule has 2 heterocycles. The number of fused-ring (bicyclic) bond motifs is 1. The van der Waals surface area contributed by atoms with Crippen LogP contribution >= 0.6 is 0 Å². The van der Waals surface area contributed by atoms with Crippen molar-refractivity contribution in [2.24, 2.45) is 7.05 Å². The number of carbonyl (C=O) groups excluding carboxylic acids is 2. The Morgan fingerprint density at radius 2 is 1.86 bits per heavy atom. The smallest absolute Gasteiger partial charge is 0.251 e. The van der Waals surface area contributed by atoms with Crippen LogP contribution in [-0.4, -0.2) is 27.6 Å². The van der Waals surface area contributed by atoms with Gasteiger partial charge in [-0.25, -0.2) is 0 Å². The maximum atomic E-state index is 13.0. The molecule has 2 atom stereocenters. The fourth-order valence-electron chi connectivity index (χ4n) is 3.79. The maximum absolute atomic E-state index is 13.0. The summed E-state index contributed by atoms with van der Waals surface area (Å²) in [6, 6.07) is 17.1. The number of benzene rings is 2. The molecule has 29 heavy (non-hydrogen) atoms. The second-order valence-electron chi connectivity index (χ2n) is 6.99. The van der Waals surface area contributed by atoms with Gasteiger partial charge in [0.15, 0.2) is 0 Å². The Morgan fingerprint density at radius 3 is 2.52 bits per heavy atom. The number of amides is 2. The van der Waals surface area contributed by atoms with Crippen LogP contribution in [0.2, 0.25) is 0 Å². The van der Waals surface area contributed by atoms with Crippen LogP contribution in [0.4, 0.5) is 5.82 Å². The number of hydrogen-bond donors (Lipinski definition) is 2. The predicted molar refractivity (Wildman–Crippen MR) is 107 cm³/mol. The molecule has 0 aliphatic carbocycles. The summed E-state index contributed by atoms with van der Waals surface area (Å²) in [5.74, 6) is -0.437. The largest absolute Gasteiger partial charge is 0.339 e. The monoisotopic (exact) mass is 385 g/mol. The van der Waals surface area contributed by atoms with Crippen LogP contribution in [0, 0.1) is 18.3 Å². The Hall–Kier alpha value is -3.92. The Kier molecular flexibility index (Phi) is 4.61. The van der Waals surface area contributed by atoms with Gasteiger partial charge >= 0.3 is 0 Å². The number of nitrogens with zero attached hydrogens (tertiary/aromatic N) is 3. The van der Waals surface area contributed by atoms with Gasteiger partial charge in [0.05, 0.1) is 17.3 Å². The molecule has 0 radical (unpaired) electrons. The fraction of sp³-hybridized carbons (Fsp3) is 0.182. The molecule has 0 saturated carbocycles. The van der Waals surface area contributed by atoms with E-state index in [-0.39, 0.29) is 11.8 Å². The lowest BCUT2D eigenvalue weighted by atomic mass is 9.81. The van der Waals surface area contributed by atoms with Crippen LogP contribution in [0.25, 0.3) is 0 Å². The van der Waals surface area contributed by atoms with E-state index < -0.39 is 12.0 Å². The first-order valence-corrected chi connectivity index (χ1v) is 9.20. The minimum Gasteiger partial charge on any atom is -0.339 e. The average Bonchev–Trinajstić information content (AvgIpc) is 3.02. The molecule has 1 aliphatic heterocycles. The van der Waals surface area contributed by atoms with Gasteiger partial charge in [-0.3, -0.25) is 14.3 Å². The molecule has 0 spiro atoms. The average molecular weight is 385 g/mol. The predicted octanol–water partition coefficient (Wildman–Crippen LogP) is 2.48. The summed E-state index contributed by atoms with van der Waals surface area (Å²) in [5.41, 5.74) is 3.47. The molecular weight excluding hydrogens is 366 g/mol. The summed E-state index contributed by atoms with van der Waals surface area (Å²) in [6.07, 6.45) is 0. The highest BCUT2D eigenvalue weighted by molar-refractivity contribution is 6.03. The van der Waals surface area contributed by atoms with Gasteiger partial charge in [-0.05, 0) is 36.8 Å². The molecule has 0 unspecified atom stereocenters. The number of aryl methyl sites for hydroxylation is 2. The van der Waals surface area contributed by atoms with Crippen molar-refractivity contribution in [2.45, 2.75) is 18.9 Å². The van der Waals surface area contributed by atoms with Crippen LogP contribution in [0.15, 0.2) is 54.6 Å². The summed E-state index contributed by atoms with van der Waals surface area (Å²) in [7, 11) is 1.77. The van der Waals surface area contributed by atoms with Crippen molar-refractivity contribution >= 4 is 17.6 Å². The SMILES string of the molecule is Cc1nn(C)c2c1[C@@H](c1ccc(C#N)cc1)[C@@H](NC(=O)c1ccccc1)C(=O)N2. The molecule has 2 N–H and O–H groups in total. The van der Waals surface area contributed by atoms with Crippen molar-refractivity contribution in [1.82, 2.24) is 15.1 Å². The van der Waals surface area contributed by atoms with Gasteiger partial charge in [0.1, 0.15) is 11.9 Å². The van der Waals surface area contributed by atoms with E-state index >= 15 is 0 Å². The highest BCUT2D eigenvalue weighted by Crippen LogP contribution is 2.39. The van der Waals surface area contributed by atoms with Crippen molar-refractivity contribution in [1.29, 1.82) is 5.26 Å². The molecule has 144 valence electrons. The molecule has 3 aromatic rings. The summed E-state index contributed by atoms with van der Waals surface area (Å²) in [5, 5.41) is 19.3. The third-order valence-corrected chi connectivity index (χ3v) is 5.16. The third-order valence-electron chi connectivity index (χ3n) is 5.16. The second-order valence-corrected chi connectivity index (χ2v) is 6.99. The van der Waals surface area contributed by atoms with E-state index in [2.05, 4.69) is 21.8 Å². The Labute approximate surface area is 168 Å². The summed E-state index contributed by atoms with van der Waals surface area (Å²) in [4.78, 5) is 25.8. The van der Waals surface area contributed by atoms with Crippen molar-refractivity contribution in [2.75, 3.05) is 5.32 Å². The molecule has 2 amide bonds. The van der Waals surface area contributed by atoms with Gasteiger partial charge in [-0.1, -0.05) is 30.3 Å². The first-order valence-electron chi connectivity index (χ1n) is 9.20. The Morgan fingerprint density at radius 1 is 1.17 bits per heavy atom. The van der Waals surface area contributed by atoms with Gasteiger partial charge < -0.3 is 10.6 Å². The summed E-state index contributed by atoms with van der Waals surface area (Å²) in [6.45, 7) is 1.88. The fourth-order valence-corrected chi connectivity index (χ4v) is 3.79. The molecule has 7 heteroatoms. The van der Waals surface area contributed by atoms with E-state index in [4.69, 9.17) is 5.26 Å². The number of rotatable bonds is 3. The van der Waals surface area contributed by atoms with Crippen LogP contribution in [0.1, 0.15) is 38.7 Å². The molecule has 0 saturated heterocycles. The van der Waals surface area contributed by atoms with Gasteiger partial charge in [0.25, 0.3) is 5.91 Å². The van der Waals surface area contributed by atoms with Gasteiger partial charge in [0.2, 0.25) is 5.91 Å². The minimum absolute atomic E-state index is 0.306. The standard InChI is InChI=1S/C22H19N5O2/c1-13-17-18(15-10-8-14(12-23)9-11-15)19(22(29)25-20(17)27(2)26-13)24-21(28)16-6-4-3-5-7-16/h3-11,18-19H,1-2H3,(H,24,28)(H,25,29)/t18-,19-/m1/s1. The maximum Gasteiger partial charge on any atom is 0.251 e. The zero-order valence-electron chi connectivity index (χ0n) is 16.0. The van der Waals surface area contributed by atoms with E-state index in [0.29, 0.717) is 16.9 Å². The van der Waals surface area contributed by atoms with Crippen molar-refractivity contribution < 1.29 is 9.59 Å². The van der Waals surface area contributed by atoms with E-state index in [1.165, 1.54) is 0 Å². The van der Waals surface area contributed by atoms with Crippen LogP contribution < -0.4 is 10.6 Å². The lowest BCUT2D eigenvalue weighted by Crippen LogP contribution is -2.50. The van der Waals surface area contributed by atoms with E-state index in [0.717, 1.165) is 16.8 Å². The first kappa shape index (κ1) is 18.4. The van der Waals surface area contributed by atoms with E-state index in [9.17, 15) is 9.59 Å². The topological polar surface area (TPSA) is 99.8 Å². The van der Waals surface area contributed by atoms with Crippen molar-refractivity contribution in [3.63, 3.8) is 0 Å². The van der Waals surface area contributed by atoms with Gasteiger partial charge in [-0.2, -0.15) is 10.4 Å². The van der Waals surface area contributed by atoms with E-state index in [1.54, 1.807) is 48.1 Å². The highest BCUT2D eigenvalue weighted by atomic mass is 16.2. The zero-order chi connectivity index (χ0) is 20.5. The lowest BCUT2D eigenvalue weighted by molar-refractivity contribution is -0.118. The van der Waals surface area contributed by atoms with Crippen LogP contribution in [0.5, 0.6) is 0 Å². The Balaban J connectivity index is 1.79. The highest BCUT2D eigenvalue weighted by Gasteiger charge is 2.41. The zero-order valence-corrected chi connectivity index (χ0v) is 16.0. The molecule has 7 nitrogen and oxygen atoms in total. The number of hydrogen-bond acceptors (Lipinski definition) is 4. The third kappa shape index (κ3) is 3.25. The molecule has 0 bridgehead atoms. The Bertz CT molecular complexity index is 1130. The summed E-state index contributed by atoms with van der Waals surface area (Å²) < 4.78 is 1.63. The minimum atomic E-state index is -0.814. The number of aromatic nitrogens is 2. The summed E-state index contributed by atoms with van der Waals surface area (Å²) >= 11 is 0. The molecular formula is C22H19N5O2. The number of carbonyl (C=O) groups is 2. The molecule has 1 aromatic heterocycles. The normalized spacial score (nSPS) is 17.8. The molecule has 0 fully saturated rings. The van der Waals surface area contributed by atoms with E-state index in [1.807, 2.05) is 25.1 Å². The second kappa shape index (κ2) is 7.24. The van der Waals surface area contributed by atoms with Crippen LogP contribution in [0.3, 0.4) is 0 Å². The molecule has 1 aliphatic rings. The van der Waals surface area contributed by atoms with Gasteiger partial charge in [-0.15, -0.1) is 0 Å². The van der Waals surface area contributed by atoms with Crippen LogP contribution in [-0.2, 0) is 11.8 Å². The number of anilines is 1. The quantitative estimate of drug-likeness (QED) is 0.723. The van der Waals surface area contributed by atoms with Crippen molar-refractivity contribution in [3.05, 3.63) is 82.5 Å². The molecule has 2 aromatic carbocycles. The molecule has 4 rings (SSSR count).